The Labute approximate surface area is 112 Å². The maximum absolute atomic E-state index is 6.17. The van der Waals surface area contributed by atoms with E-state index in [1.54, 1.807) is 7.11 Å². The Balaban J connectivity index is 2.30. The Morgan fingerprint density at radius 2 is 2.11 bits per heavy atom. The number of methoxy groups -OCH3 is 1. The standard InChI is InChI=1S/C15H16ClNO/c1-18-10-6-7-15-12(8-10)13(9-16)11-4-2-3-5-14(11)17-15/h6-8H,2-5,9H2,1H3. The first-order valence-electron chi connectivity index (χ1n) is 6.38. The van der Waals surface area contributed by atoms with E-state index in [-0.39, 0.29) is 0 Å². The number of benzene rings is 1. The summed E-state index contributed by atoms with van der Waals surface area (Å²) in [5.74, 6) is 1.42. The molecule has 0 spiro atoms. The minimum atomic E-state index is 0.550. The molecule has 0 saturated heterocycles. The molecule has 3 heteroatoms. The van der Waals surface area contributed by atoms with Gasteiger partial charge in [-0.25, -0.2) is 0 Å². The molecule has 2 nitrogen and oxygen atoms in total. The first kappa shape index (κ1) is 11.8. The average molecular weight is 262 g/mol. The quantitative estimate of drug-likeness (QED) is 0.766. The average Bonchev–Trinajstić information content (AvgIpc) is 2.44. The van der Waals surface area contributed by atoms with Crippen LogP contribution in [0.2, 0.25) is 0 Å². The summed E-state index contributed by atoms with van der Waals surface area (Å²) in [6.07, 6.45) is 4.68. The maximum Gasteiger partial charge on any atom is 0.119 e. The molecule has 0 saturated carbocycles. The Kier molecular flexibility index (Phi) is 3.13. The maximum atomic E-state index is 6.17. The number of pyridine rings is 1. The highest BCUT2D eigenvalue weighted by molar-refractivity contribution is 6.18. The first-order valence-corrected chi connectivity index (χ1v) is 6.91. The Morgan fingerprint density at radius 1 is 1.28 bits per heavy atom. The van der Waals surface area contributed by atoms with Gasteiger partial charge in [0.2, 0.25) is 0 Å². The summed E-state index contributed by atoms with van der Waals surface area (Å²) in [4.78, 5) is 4.79. The summed E-state index contributed by atoms with van der Waals surface area (Å²) >= 11 is 6.17. The van der Waals surface area contributed by atoms with Crippen molar-refractivity contribution in [1.82, 2.24) is 4.98 Å². The van der Waals surface area contributed by atoms with Crippen LogP contribution in [0.25, 0.3) is 10.9 Å². The smallest absolute Gasteiger partial charge is 0.119 e. The van der Waals surface area contributed by atoms with Crippen LogP contribution in [-0.2, 0) is 18.7 Å². The second-order valence-corrected chi connectivity index (χ2v) is 5.01. The molecule has 0 N–H and O–H groups in total. The lowest BCUT2D eigenvalue weighted by Gasteiger charge is -2.20. The van der Waals surface area contributed by atoms with Crippen LogP contribution in [0.15, 0.2) is 18.2 Å². The number of hydrogen-bond acceptors (Lipinski definition) is 2. The molecule has 0 bridgehead atoms. The second-order valence-electron chi connectivity index (χ2n) is 4.74. The molecule has 1 aromatic heterocycles. The lowest BCUT2D eigenvalue weighted by Crippen LogP contribution is -2.09. The molecule has 2 aromatic rings. The number of rotatable bonds is 2. The van der Waals surface area contributed by atoms with Crippen LogP contribution >= 0.6 is 11.6 Å². The topological polar surface area (TPSA) is 22.1 Å². The van der Waals surface area contributed by atoms with Gasteiger partial charge < -0.3 is 4.74 Å². The van der Waals surface area contributed by atoms with Crippen molar-refractivity contribution in [3.63, 3.8) is 0 Å². The minimum absolute atomic E-state index is 0.550. The van der Waals surface area contributed by atoms with Crippen LogP contribution in [0.4, 0.5) is 0 Å². The zero-order valence-corrected chi connectivity index (χ0v) is 11.3. The van der Waals surface area contributed by atoms with Gasteiger partial charge in [-0.1, -0.05) is 0 Å². The van der Waals surface area contributed by atoms with Crippen molar-refractivity contribution in [1.29, 1.82) is 0 Å². The molecule has 0 fully saturated rings. The molecule has 94 valence electrons. The SMILES string of the molecule is COc1ccc2nc3c(c(CCl)c2c1)CCCC3. The highest BCUT2D eigenvalue weighted by Crippen LogP contribution is 2.32. The number of ether oxygens (including phenoxy) is 1. The van der Waals surface area contributed by atoms with Gasteiger partial charge in [-0.15, -0.1) is 11.6 Å². The predicted molar refractivity (Wildman–Crippen MR) is 74.5 cm³/mol. The van der Waals surface area contributed by atoms with Crippen LogP contribution in [0.5, 0.6) is 5.75 Å². The van der Waals surface area contributed by atoms with E-state index < -0.39 is 0 Å². The highest BCUT2D eigenvalue weighted by Gasteiger charge is 2.17. The molecule has 0 amide bonds. The number of alkyl halides is 1. The van der Waals surface area contributed by atoms with Crippen LogP contribution in [0, 0.1) is 0 Å². The third-order valence-electron chi connectivity index (χ3n) is 3.72. The fourth-order valence-electron chi connectivity index (χ4n) is 2.78. The highest BCUT2D eigenvalue weighted by atomic mass is 35.5. The molecule has 18 heavy (non-hydrogen) atoms. The Hall–Kier alpha value is -1.28. The van der Waals surface area contributed by atoms with Crippen LogP contribution in [0.3, 0.4) is 0 Å². The van der Waals surface area contributed by atoms with Crippen molar-refractivity contribution in [3.8, 4) is 5.75 Å². The van der Waals surface area contributed by atoms with Gasteiger partial charge in [0.1, 0.15) is 5.75 Å². The van der Waals surface area contributed by atoms with Crippen molar-refractivity contribution in [3.05, 3.63) is 35.0 Å². The largest absolute Gasteiger partial charge is 0.497 e. The van der Waals surface area contributed by atoms with E-state index in [1.807, 2.05) is 12.1 Å². The molecule has 0 atom stereocenters. The third kappa shape index (κ3) is 1.85. The van der Waals surface area contributed by atoms with Gasteiger partial charge in [-0.05, 0) is 55.0 Å². The summed E-state index contributed by atoms with van der Waals surface area (Å²) in [5.41, 5.74) is 4.90. The molecule has 1 heterocycles. The van der Waals surface area contributed by atoms with Crippen LogP contribution in [0.1, 0.15) is 29.7 Å². The Morgan fingerprint density at radius 3 is 2.89 bits per heavy atom. The van der Waals surface area contributed by atoms with E-state index >= 15 is 0 Å². The van der Waals surface area contributed by atoms with E-state index in [0.29, 0.717) is 5.88 Å². The fourth-order valence-corrected chi connectivity index (χ4v) is 3.09. The van der Waals surface area contributed by atoms with Crippen molar-refractivity contribution in [2.45, 2.75) is 31.6 Å². The van der Waals surface area contributed by atoms with Crippen LogP contribution in [-0.4, -0.2) is 12.1 Å². The molecule has 0 radical (unpaired) electrons. The van der Waals surface area contributed by atoms with E-state index in [1.165, 1.54) is 29.7 Å². The van der Waals surface area contributed by atoms with Gasteiger partial charge in [-0.2, -0.15) is 0 Å². The van der Waals surface area contributed by atoms with E-state index in [9.17, 15) is 0 Å². The molecule has 1 aliphatic rings. The van der Waals surface area contributed by atoms with Gasteiger partial charge in [0.15, 0.2) is 0 Å². The van der Waals surface area contributed by atoms with E-state index in [4.69, 9.17) is 21.3 Å². The Bertz CT molecular complexity index is 595. The lowest BCUT2D eigenvalue weighted by molar-refractivity contribution is 0.415. The number of aromatic nitrogens is 1. The monoisotopic (exact) mass is 261 g/mol. The van der Waals surface area contributed by atoms with E-state index in [0.717, 1.165) is 29.5 Å². The van der Waals surface area contributed by atoms with Crippen molar-refractivity contribution >= 4 is 22.5 Å². The summed E-state index contributed by atoms with van der Waals surface area (Å²) in [6.45, 7) is 0. The fraction of sp³-hybridized carbons (Fsp3) is 0.400. The third-order valence-corrected chi connectivity index (χ3v) is 3.99. The molecule has 0 aliphatic heterocycles. The summed E-state index contributed by atoms with van der Waals surface area (Å²) < 4.78 is 5.29. The normalized spacial score (nSPS) is 14.6. The second kappa shape index (κ2) is 4.77. The number of fused-ring (bicyclic) bond motifs is 2. The molecule has 0 unspecified atom stereocenters. The van der Waals surface area contributed by atoms with E-state index in [2.05, 4.69) is 6.07 Å². The summed E-state index contributed by atoms with van der Waals surface area (Å²) in [5, 5.41) is 1.14. The van der Waals surface area contributed by atoms with Gasteiger partial charge in [-0.3, -0.25) is 4.98 Å². The zero-order valence-electron chi connectivity index (χ0n) is 10.5. The summed E-state index contributed by atoms with van der Waals surface area (Å²) in [7, 11) is 1.69. The number of hydrogen-bond donors (Lipinski definition) is 0. The van der Waals surface area contributed by atoms with Gasteiger partial charge in [0.05, 0.1) is 12.6 Å². The zero-order chi connectivity index (χ0) is 12.5. The van der Waals surface area contributed by atoms with Crippen molar-refractivity contribution in [2.24, 2.45) is 0 Å². The molecule has 3 rings (SSSR count). The minimum Gasteiger partial charge on any atom is -0.497 e. The van der Waals surface area contributed by atoms with Crippen molar-refractivity contribution < 1.29 is 4.74 Å². The van der Waals surface area contributed by atoms with Gasteiger partial charge in [0.25, 0.3) is 0 Å². The van der Waals surface area contributed by atoms with Crippen molar-refractivity contribution in [2.75, 3.05) is 7.11 Å². The molecule has 1 aromatic carbocycles. The lowest BCUT2D eigenvalue weighted by atomic mass is 9.90. The number of halogens is 1. The summed E-state index contributed by atoms with van der Waals surface area (Å²) in [6, 6.07) is 6.04. The first-order chi connectivity index (χ1) is 8.83. The number of aryl methyl sites for hydroxylation is 1. The van der Waals surface area contributed by atoms with Gasteiger partial charge >= 0.3 is 0 Å². The van der Waals surface area contributed by atoms with Gasteiger partial charge in [0, 0.05) is 17.0 Å². The predicted octanol–water partition coefficient (Wildman–Crippen LogP) is 3.86. The molecular weight excluding hydrogens is 246 g/mol. The number of nitrogens with zero attached hydrogens (tertiary/aromatic N) is 1. The molecular formula is C15H16ClNO. The molecule has 1 aliphatic carbocycles. The van der Waals surface area contributed by atoms with Crippen LogP contribution < -0.4 is 4.74 Å².